The van der Waals surface area contributed by atoms with E-state index in [1.807, 2.05) is 25.1 Å². The molecule has 164 valence electrons. The van der Waals surface area contributed by atoms with Gasteiger partial charge in [0, 0.05) is 36.6 Å². The van der Waals surface area contributed by atoms with Crippen molar-refractivity contribution in [3.05, 3.63) is 47.5 Å². The smallest absolute Gasteiger partial charge is 0.243 e. The molecule has 1 spiro atoms. The summed E-state index contributed by atoms with van der Waals surface area (Å²) in [6, 6.07) is 12.5. The number of nitrogens with zero attached hydrogens (tertiary/aromatic N) is 3. The number of sulfonamides is 1. The van der Waals surface area contributed by atoms with Gasteiger partial charge in [-0.3, -0.25) is 0 Å². The molecule has 0 atom stereocenters. The highest BCUT2D eigenvalue weighted by molar-refractivity contribution is 7.89. The lowest BCUT2D eigenvalue weighted by molar-refractivity contribution is 0.115. The van der Waals surface area contributed by atoms with Gasteiger partial charge in [-0.15, -0.1) is 0 Å². The Balaban J connectivity index is 1.22. The summed E-state index contributed by atoms with van der Waals surface area (Å²) in [6.07, 6.45) is 1.74. The second-order valence-corrected chi connectivity index (χ2v) is 11.7. The lowest BCUT2D eigenvalue weighted by Gasteiger charge is -2.53. The van der Waals surface area contributed by atoms with Gasteiger partial charge in [-0.2, -0.15) is 4.31 Å². The first kappa shape index (κ1) is 21.0. The molecule has 0 bridgehead atoms. The molecule has 1 aromatic heterocycles. The van der Waals surface area contributed by atoms with Crippen LogP contribution in [0.5, 0.6) is 5.75 Å². The van der Waals surface area contributed by atoms with Gasteiger partial charge >= 0.3 is 0 Å². The fraction of sp³-hybridized carbons (Fsp3) is 0.409. The normalized spacial score (nSPS) is 19.0. The number of rotatable bonds is 5. The summed E-state index contributed by atoms with van der Waals surface area (Å²) in [4.78, 5) is 7.37. The van der Waals surface area contributed by atoms with Crippen LogP contribution in [-0.2, 0) is 10.0 Å². The molecule has 3 heterocycles. The molecule has 0 aliphatic carbocycles. The third kappa shape index (κ3) is 3.91. The minimum Gasteiger partial charge on any atom is -0.494 e. The van der Waals surface area contributed by atoms with E-state index in [0.29, 0.717) is 30.3 Å². The summed E-state index contributed by atoms with van der Waals surface area (Å²) in [6.45, 7) is 5.43. The van der Waals surface area contributed by atoms with Crippen LogP contribution in [0.1, 0.15) is 19.8 Å². The standard InChI is InChI=1S/C22H24ClN3O3S2/c1-2-29-17-4-6-18(7-5-17)31(27,28)26-11-9-22(10-12-26)14-25(15-22)21-24-19-8-3-16(23)13-20(19)30-21/h3-8,13H,2,9-12,14-15H2,1H3. The highest BCUT2D eigenvalue weighted by Gasteiger charge is 2.47. The molecule has 2 aliphatic heterocycles. The molecule has 5 rings (SSSR count). The molecule has 0 saturated carbocycles. The molecule has 2 saturated heterocycles. The lowest BCUT2D eigenvalue weighted by Crippen LogP contribution is -2.60. The van der Waals surface area contributed by atoms with Crippen LogP contribution in [0.25, 0.3) is 10.2 Å². The predicted octanol–water partition coefficient (Wildman–Crippen LogP) is 4.64. The Hall–Kier alpha value is -1.87. The average Bonchev–Trinajstić information content (AvgIpc) is 3.15. The first-order chi connectivity index (χ1) is 14.9. The molecule has 6 nitrogen and oxygen atoms in total. The third-order valence-electron chi connectivity index (χ3n) is 6.22. The Morgan fingerprint density at radius 2 is 1.84 bits per heavy atom. The topological polar surface area (TPSA) is 62.7 Å². The number of piperidine rings is 1. The van der Waals surface area contributed by atoms with Crippen LogP contribution in [0, 0.1) is 5.41 Å². The maximum Gasteiger partial charge on any atom is 0.243 e. The van der Waals surface area contributed by atoms with E-state index < -0.39 is 10.0 Å². The van der Waals surface area contributed by atoms with Gasteiger partial charge in [-0.25, -0.2) is 13.4 Å². The summed E-state index contributed by atoms with van der Waals surface area (Å²) < 4.78 is 34.2. The van der Waals surface area contributed by atoms with Gasteiger partial charge in [-0.1, -0.05) is 22.9 Å². The van der Waals surface area contributed by atoms with Crippen LogP contribution in [0.15, 0.2) is 47.4 Å². The monoisotopic (exact) mass is 477 g/mol. The number of aromatic nitrogens is 1. The number of thiazole rings is 1. The van der Waals surface area contributed by atoms with Gasteiger partial charge in [0.1, 0.15) is 5.75 Å². The average molecular weight is 478 g/mol. The maximum absolute atomic E-state index is 13.0. The molecule has 9 heteroatoms. The van der Waals surface area contributed by atoms with Crippen LogP contribution >= 0.6 is 22.9 Å². The van der Waals surface area contributed by atoms with Crippen LogP contribution in [-0.4, -0.2) is 50.5 Å². The molecule has 2 aliphatic rings. The van der Waals surface area contributed by atoms with E-state index in [-0.39, 0.29) is 5.41 Å². The largest absolute Gasteiger partial charge is 0.494 e. The van der Waals surface area contributed by atoms with Gasteiger partial charge in [0.25, 0.3) is 0 Å². The molecule has 31 heavy (non-hydrogen) atoms. The zero-order valence-corrected chi connectivity index (χ0v) is 19.6. The number of hydrogen-bond acceptors (Lipinski definition) is 6. The van der Waals surface area contributed by atoms with E-state index >= 15 is 0 Å². The minimum atomic E-state index is -3.47. The lowest BCUT2D eigenvalue weighted by atomic mass is 9.73. The van der Waals surface area contributed by atoms with Gasteiger partial charge < -0.3 is 9.64 Å². The number of anilines is 1. The number of hydrogen-bond donors (Lipinski definition) is 0. The summed E-state index contributed by atoms with van der Waals surface area (Å²) in [5, 5.41) is 1.75. The van der Waals surface area contributed by atoms with E-state index in [0.717, 1.165) is 46.3 Å². The number of fused-ring (bicyclic) bond motifs is 1. The van der Waals surface area contributed by atoms with Gasteiger partial charge in [-0.05, 0) is 62.2 Å². The van der Waals surface area contributed by atoms with E-state index in [1.54, 1.807) is 39.9 Å². The van der Waals surface area contributed by atoms with Crippen molar-refractivity contribution in [2.45, 2.75) is 24.7 Å². The first-order valence-electron chi connectivity index (χ1n) is 10.4. The van der Waals surface area contributed by atoms with Crippen LogP contribution in [0.4, 0.5) is 5.13 Å². The first-order valence-corrected chi connectivity index (χ1v) is 13.1. The molecule has 0 unspecified atom stereocenters. The molecular weight excluding hydrogens is 454 g/mol. The van der Waals surface area contributed by atoms with Crippen molar-refractivity contribution < 1.29 is 13.2 Å². The summed E-state index contributed by atoms with van der Waals surface area (Å²) in [5.41, 5.74) is 1.15. The van der Waals surface area contributed by atoms with Crippen LogP contribution < -0.4 is 9.64 Å². The van der Waals surface area contributed by atoms with E-state index in [2.05, 4.69) is 4.90 Å². The van der Waals surface area contributed by atoms with E-state index in [1.165, 1.54) is 0 Å². The Morgan fingerprint density at radius 1 is 1.13 bits per heavy atom. The van der Waals surface area contributed by atoms with Crippen LogP contribution in [0.3, 0.4) is 0 Å². The molecule has 2 aromatic carbocycles. The zero-order chi connectivity index (χ0) is 21.6. The Kier molecular flexibility index (Phi) is 5.37. The maximum atomic E-state index is 13.0. The van der Waals surface area contributed by atoms with Crippen molar-refractivity contribution in [1.29, 1.82) is 0 Å². The molecule has 3 aromatic rings. The van der Waals surface area contributed by atoms with Crippen molar-refractivity contribution in [3.63, 3.8) is 0 Å². The Labute approximate surface area is 191 Å². The third-order valence-corrected chi connectivity index (χ3v) is 9.44. The highest BCUT2D eigenvalue weighted by atomic mass is 35.5. The van der Waals surface area contributed by atoms with Crippen LogP contribution in [0.2, 0.25) is 5.02 Å². The van der Waals surface area contributed by atoms with Crippen molar-refractivity contribution >= 4 is 48.3 Å². The second kappa shape index (κ2) is 7.92. The minimum absolute atomic E-state index is 0.181. The quantitative estimate of drug-likeness (QED) is 0.535. The zero-order valence-electron chi connectivity index (χ0n) is 17.3. The fourth-order valence-corrected chi connectivity index (χ4v) is 7.14. The Bertz CT molecular complexity index is 1190. The molecule has 0 N–H and O–H groups in total. The van der Waals surface area contributed by atoms with Gasteiger partial charge in [0.05, 0.1) is 21.7 Å². The van der Waals surface area contributed by atoms with Crippen molar-refractivity contribution in [3.8, 4) is 5.75 Å². The number of halogens is 1. The van der Waals surface area contributed by atoms with Crippen molar-refractivity contribution in [2.75, 3.05) is 37.7 Å². The molecule has 0 amide bonds. The Morgan fingerprint density at radius 3 is 2.52 bits per heavy atom. The van der Waals surface area contributed by atoms with Crippen molar-refractivity contribution in [1.82, 2.24) is 9.29 Å². The fourth-order valence-electron chi connectivity index (χ4n) is 4.46. The van der Waals surface area contributed by atoms with E-state index in [9.17, 15) is 8.42 Å². The highest BCUT2D eigenvalue weighted by Crippen LogP contribution is 2.45. The SMILES string of the molecule is CCOc1ccc(S(=O)(=O)N2CCC3(CC2)CN(c2nc4ccc(Cl)cc4s2)C3)cc1. The van der Waals surface area contributed by atoms with Crippen molar-refractivity contribution in [2.24, 2.45) is 5.41 Å². The molecule has 2 fully saturated rings. The number of ether oxygens (including phenoxy) is 1. The van der Waals surface area contributed by atoms with Gasteiger partial charge in [0.2, 0.25) is 10.0 Å². The predicted molar refractivity (Wildman–Crippen MR) is 125 cm³/mol. The summed E-state index contributed by atoms with van der Waals surface area (Å²) >= 11 is 7.76. The molecular formula is C22H24ClN3O3S2. The van der Waals surface area contributed by atoms with Gasteiger partial charge in [0.15, 0.2) is 5.13 Å². The summed E-state index contributed by atoms with van der Waals surface area (Å²) in [7, 11) is -3.47. The number of benzene rings is 2. The molecule has 0 radical (unpaired) electrons. The summed E-state index contributed by atoms with van der Waals surface area (Å²) in [5.74, 6) is 0.686. The van der Waals surface area contributed by atoms with E-state index in [4.69, 9.17) is 21.3 Å². The second-order valence-electron chi connectivity index (χ2n) is 8.27.